The molecular formula is C13H21N3O3S. The molecule has 1 atom stereocenters. The standard InChI is InChI=1S/C13H21N3O3S/c1-2-16-20(17,18)13-5-3-11(4-6-13)15-9-12-10-19-8-7-14-12/h3-6,12,14-16H,2,7-10H2,1H3. The van der Waals surface area contributed by atoms with E-state index in [4.69, 9.17) is 4.74 Å². The lowest BCUT2D eigenvalue weighted by Crippen LogP contribution is -2.45. The largest absolute Gasteiger partial charge is 0.383 e. The number of hydrogen-bond donors (Lipinski definition) is 3. The summed E-state index contributed by atoms with van der Waals surface area (Å²) in [7, 11) is -3.37. The van der Waals surface area contributed by atoms with Crippen molar-refractivity contribution in [3.05, 3.63) is 24.3 Å². The second kappa shape index (κ2) is 7.03. The molecule has 1 aliphatic rings. The van der Waals surface area contributed by atoms with Crippen LogP contribution in [0.4, 0.5) is 5.69 Å². The predicted octanol–water partition coefficient (Wildman–Crippen LogP) is 0.385. The third-order valence-corrected chi connectivity index (χ3v) is 4.61. The van der Waals surface area contributed by atoms with E-state index in [0.29, 0.717) is 13.2 Å². The number of sulfonamides is 1. The van der Waals surface area contributed by atoms with E-state index in [0.717, 1.165) is 25.4 Å². The van der Waals surface area contributed by atoms with Gasteiger partial charge in [-0.05, 0) is 24.3 Å². The Hall–Kier alpha value is -1.15. The Kier molecular flexibility index (Phi) is 5.36. The van der Waals surface area contributed by atoms with Gasteiger partial charge in [0.15, 0.2) is 0 Å². The molecule has 6 nitrogen and oxygen atoms in total. The summed E-state index contributed by atoms with van der Waals surface area (Å²) in [4.78, 5) is 0.282. The number of nitrogens with one attached hydrogen (secondary N) is 3. The highest BCUT2D eigenvalue weighted by molar-refractivity contribution is 7.89. The van der Waals surface area contributed by atoms with Gasteiger partial charge in [-0.25, -0.2) is 13.1 Å². The molecule has 0 aliphatic carbocycles. The summed E-state index contributed by atoms with van der Waals surface area (Å²) in [6.45, 7) is 5.21. The number of ether oxygens (including phenoxy) is 1. The fourth-order valence-corrected chi connectivity index (χ4v) is 3.06. The lowest BCUT2D eigenvalue weighted by Gasteiger charge is -2.24. The summed E-state index contributed by atoms with van der Waals surface area (Å²) in [5, 5.41) is 6.62. The molecule has 7 heteroatoms. The molecular weight excluding hydrogens is 278 g/mol. The first-order valence-corrected chi connectivity index (χ1v) is 8.25. The molecule has 0 amide bonds. The third kappa shape index (κ3) is 4.17. The van der Waals surface area contributed by atoms with E-state index >= 15 is 0 Å². The van der Waals surface area contributed by atoms with E-state index in [1.54, 1.807) is 31.2 Å². The van der Waals surface area contributed by atoms with Crippen LogP contribution >= 0.6 is 0 Å². The maximum Gasteiger partial charge on any atom is 0.240 e. The van der Waals surface area contributed by atoms with Gasteiger partial charge in [0.1, 0.15) is 0 Å². The molecule has 1 heterocycles. The van der Waals surface area contributed by atoms with Crippen molar-refractivity contribution in [2.45, 2.75) is 17.9 Å². The molecule has 1 aromatic carbocycles. The maximum atomic E-state index is 11.8. The zero-order valence-electron chi connectivity index (χ0n) is 11.6. The van der Waals surface area contributed by atoms with Crippen LogP contribution in [0.5, 0.6) is 0 Å². The smallest absolute Gasteiger partial charge is 0.240 e. The Bertz CT molecular complexity index is 510. The topological polar surface area (TPSA) is 79.5 Å². The zero-order chi connectivity index (χ0) is 14.4. The highest BCUT2D eigenvalue weighted by atomic mass is 32.2. The highest BCUT2D eigenvalue weighted by Gasteiger charge is 2.14. The average molecular weight is 299 g/mol. The van der Waals surface area contributed by atoms with Crippen LogP contribution in [0, 0.1) is 0 Å². The highest BCUT2D eigenvalue weighted by Crippen LogP contribution is 2.14. The summed E-state index contributed by atoms with van der Waals surface area (Å²) < 4.78 is 31.4. The number of morpholine rings is 1. The lowest BCUT2D eigenvalue weighted by molar-refractivity contribution is 0.0806. The van der Waals surface area contributed by atoms with Crippen LogP contribution in [-0.2, 0) is 14.8 Å². The minimum absolute atomic E-state index is 0.282. The molecule has 1 fully saturated rings. The SMILES string of the molecule is CCNS(=O)(=O)c1ccc(NCC2COCCN2)cc1. The van der Waals surface area contributed by atoms with Crippen molar-refractivity contribution in [2.75, 3.05) is 38.2 Å². The van der Waals surface area contributed by atoms with Crippen LogP contribution < -0.4 is 15.4 Å². The van der Waals surface area contributed by atoms with Crippen LogP contribution in [0.25, 0.3) is 0 Å². The third-order valence-electron chi connectivity index (χ3n) is 3.05. The zero-order valence-corrected chi connectivity index (χ0v) is 12.4. The average Bonchev–Trinajstić information content (AvgIpc) is 2.47. The molecule has 3 N–H and O–H groups in total. The van der Waals surface area contributed by atoms with Gasteiger partial charge in [-0.15, -0.1) is 0 Å². The van der Waals surface area contributed by atoms with Crippen LogP contribution in [0.2, 0.25) is 0 Å². The van der Waals surface area contributed by atoms with Crippen molar-refractivity contribution in [1.29, 1.82) is 0 Å². The second-order valence-corrected chi connectivity index (χ2v) is 6.40. The Morgan fingerprint density at radius 1 is 1.35 bits per heavy atom. The van der Waals surface area contributed by atoms with E-state index in [9.17, 15) is 8.42 Å². The Balaban J connectivity index is 1.91. The van der Waals surface area contributed by atoms with Gasteiger partial charge in [-0.3, -0.25) is 0 Å². The Morgan fingerprint density at radius 3 is 2.70 bits per heavy atom. The molecule has 1 unspecified atom stereocenters. The summed E-state index contributed by atoms with van der Waals surface area (Å²) in [5.41, 5.74) is 0.896. The van der Waals surface area contributed by atoms with Crippen molar-refractivity contribution < 1.29 is 13.2 Å². The van der Waals surface area contributed by atoms with E-state index in [-0.39, 0.29) is 10.9 Å². The number of rotatable bonds is 6. The Morgan fingerprint density at radius 2 is 2.10 bits per heavy atom. The fraction of sp³-hybridized carbons (Fsp3) is 0.538. The van der Waals surface area contributed by atoms with E-state index in [1.165, 1.54) is 0 Å². The van der Waals surface area contributed by atoms with E-state index in [2.05, 4.69) is 15.4 Å². The molecule has 1 aliphatic heterocycles. The van der Waals surface area contributed by atoms with Gasteiger partial charge in [0, 0.05) is 31.4 Å². The van der Waals surface area contributed by atoms with Crippen molar-refractivity contribution in [1.82, 2.24) is 10.0 Å². The Labute approximate surface area is 120 Å². The summed E-state index contributed by atoms with van der Waals surface area (Å²) >= 11 is 0. The van der Waals surface area contributed by atoms with Crippen molar-refractivity contribution in [3.8, 4) is 0 Å². The minimum atomic E-state index is -3.37. The van der Waals surface area contributed by atoms with Crippen LogP contribution in [-0.4, -0.2) is 47.3 Å². The summed E-state index contributed by atoms with van der Waals surface area (Å²) in [6, 6.07) is 7.03. The first kappa shape index (κ1) is 15.2. The van der Waals surface area contributed by atoms with Gasteiger partial charge in [-0.1, -0.05) is 6.92 Å². The summed E-state index contributed by atoms with van der Waals surface area (Å²) in [6.07, 6.45) is 0. The molecule has 2 rings (SSSR count). The van der Waals surface area contributed by atoms with Crippen molar-refractivity contribution >= 4 is 15.7 Å². The maximum absolute atomic E-state index is 11.8. The minimum Gasteiger partial charge on any atom is -0.383 e. The van der Waals surface area contributed by atoms with Crippen LogP contribution in [0.3, 0.4) is 0 Å². The molecule has 0 saturated carbocycles. The molecule has 1 saturated heterocycles. The first-order chi connectivity index (χ1) is 9.62. The fourth-order valence-electron chi connectivity index (χ4n) is 2.02. The molecule has 20 heavy (non-hydrogen) atoms. The van der Waals surface area contributed by atoms with Gasteiger partial charge < -0.3 is 15.4 Å². The molecule has 0 bridgehead atoms. The molecule has 112 valence electrons. The number of anilines is 1. The van der Waals surface area contributed by atoms with Gasteiger partial charge >= 0.3 is 0 Å². The van der Waals surface area contributed by atoms with Crippen molar-refractivity contribution in [2.24, 2.45) is 0 Å². The van der Waals surface area contributed by atoms with E-state index < -0.39 is 10.0 Å². The molecule has 0 radical (unpaired) electrons. The monoisotopic (exact) mass is 299 g/mol. The number of hydrogen-bond acceptors (Lipinski definition) is 5. The van der Waals surface area contributed by atoms with Gasteiger partial charge in [0.25, 0.3) is 0 Å². The first-order valence-electron chi connectivity index (χ1n) is 6.76. The summed E-state index contributed by atoms with van der Waals surface area (Å²) in [5.74, 6) is 0. The van der Waals surface area contributed by atoms with Crippen LogP contribution in [0.15, 0.2) is 29.2 Å². The van der Waals surface area contributed by atoms with Gasteiger partial charge in [0.2, 0.25) is 10.0 Å². The van der Waals surface area contributed by atoms with Gasteiger partial charge in [-0.2, -0.15) is 0 Å². The number of benzene rings is 1. The van der Waals surface area contributed by atoms with Crippen molar-refractivity contribution in [3.63, 3.8) is 0 Å². The molecule has 1 aromatic rings. The second-order valence-electron chi connectivity index (χ2n) is 4.63. The normalized spacial score (nSPS) is 19.8. The molecule has 0 aromatic heterocycles. The quantitative estimate of drug-likeness (QED) is 0.708. The van der Waals surface area contributed by atoms with Crippen LogP contribution in [0.1, 0.15) is 6.92 Å². The lowest BCUT2D eigenvalue weighted by atomic mass is 10.2. The van der Waals surface area contributed by atoms with E-state index in [1.807, 2.05) is 0 Å². The molecule has 0 spiro atoms. The predicted molar refractivity (Wildman–Crippen MR) is 78.4 cm³/mol. The van der Waals surface area contributed by atoms with Gasteiger partial charge in [0.05, 0.1) is 18.1 Å².